The van der Waals surface area contributed by atoms with Crippen LogP contribution in [0.4, 0.5) is 5.82 Å². The van der Waals surface area contributed by atoms with Gasteiger partial charge in [-0.25, -0.2) is 9.97 Å². The van der Waals surface area contributed by atoms with Crippen molar-refractivity contribution in [3.63, 3.8) is 0 Å². The lowest BCUT2D eigenvalue weighted by molar-refractivity contribution is 0.768. The summed E-state index contributed by atoms with van der Waals surface area (Å²) in [6.45, 7) is 1.95. The minimum atomic E-state index is 0.352. The highest BCUT2D eigenvalue weighted by Crippen LogP contribution is 2.30. The van der Waals surface area contributed by atoms with Crippen LogP contribution in [0, 0.1) is 0 Å². The van der Waals surface area contributed by atoms with E-state index in [0.717, 1.165) is 53.1 Å². The van der Waals surface area contributed by atoms with Crippen LogP contribution in [0.5, 0.6) is 0 Å². The zero-order valence-corrected chi connectivity index (χ0v) is 17.1. The van der Waals surface area contributed by atoms with E-state index in [9.17, 15) is 0 Å². The molecule has 1 atom stereocenters. The Bertz CT molecular complexity index is 1170. The quantitative estimate of drug-likeness (QED) is 0.536. The molecule has 3 aromatic heterocycles. The highest BCUT2D eigenvalue weighted by Gasteiger charge is 2.19. The summed E-state index contributed by atoms with van der Waals surface area (Å²) in [6.07, 6.45) is 10.7. The van der Waals surface area contributed by atoms with Crippen molar-refractivity contribution in [1.29, 1.82) is 0 Å². The van der Waals surface area contributed by atoms with Crippen LogP contribution in [-0.2, 0) is 14.1 Å². The standard InChI is InChI=1S/C22H24N8/c1-29-13-17(9-25-29)15-4-3-5-16(8-15)21-24-12-20(18-10-26-30(2)14-18)22(28-21)27-19-6-7-23-11-19/h3-5,8-10,12-14,19,23H,6-7,11H2,1-2H3,(H,24,27,28)/t19-/m0/s1. The van der Waals surface area contributed by atoms with Crippen LogP contribution in [-0.4, -0.2) is 48.7 Å². The summed E-state index contributed by atoms with van der Waals surface area (Å²) in [7, 11) is 3.83. The molecule has 2 N–H and O–H groups in total. The fourth-order valence-electron chi connectivity index (χ4n) is 3.78. The highest BCUT2D eigenvalue weighted by molar-refractivity contribution is 5.76. The van der Waals surface area contributed by atoms with Gasteiger partial charge in [-0.3, -0.25) is 9.36 Å². The SMILES string of the molecule is Cn1cc(-c2cccc(-c3ncc(-c4cnn(C)c4)c(N[C@H]4CCNC4)n3)c2)cn1. The van der Waals surface area contributed by atoms with Gasteiger partial charge in [-0.2, -0.15) is 10.2 Å². The van der Waals surface area contributed by atoms with Gasteiger partial charge in [0.2, 0.25) is 0 Å². The van der Waals surface area contributed by atoms with Crippen LogP contribution >= 0.6 is 0 Å². The second-order valence-electron chi connectivity index (χ2n) is 7.68. The monoisotopic (exact) mass is 400 g/mol. The van der Waals surface area contributed by atoms with Crippen LogP contribution in [0.3, 0.4) is 0 Å². The molecule has 0 aliphatic carbocycles. The molecule has 0 bridgehead atoms. The average Bonchev–Trinajstić information content (AvgIpc) is 3.51. The molecule has 0 unspecified atom stereocenters. The summed E-state index contributed by atoms with van der Waals surface area (Å²) in [6, 6.07) is 8.61. The van der Waals surface area contributed by atoms with Crippen LogP contribution in [0.2, 0.25) is 0 Å². The molecule has 4 heterocycles. The van der Waals surface area contributed by atoms with Gasteiger partial charge in [-0.05, 0) is 24.6 Å². The van der Waals surface area contributed by atoms with Gasteiger partial charge in [-0.1, -0.05) is 18.2 Å². The number of anilines is 1. The van der Waals surface area contributed by atoms with Crippen LogP contribution in [0.25, 0.3) is 33.6 Å². The predicted octanol–water partition coefficient (Wildman–Crippen LogP) is 2.72. The Morgan fingerprint density at radius 3 is 2.43 bits per heavy atom. The topological polar surface area (TPSA) is 85.5 Å². The van der Waals surface area contributed by atoms with E-state index in [0.29, 0.717) is 11.9 Å². The van der Waals surface area contributed by atoms with Gasteiger partial charge in [0.05, 0.1) is 12.4 Å². The molecule has 0 saturated carbocycles. The number of hydrogen-bond donors (Lipinski definition) is 2. The van der Waals surface area contributed by atoms with E-state index >= 15 is 0 Å². The number of hydrogen-bond acceptors (Lipinski definition) is 6. The molecule has 8 nitrogen and oxygen atoms in total. The summed E-state index contributed by atoms with van der Waals surface area (Å²) in [5, 5.41) is 15.6. The molecule has 1 aromatic carbocycles. The first-order valence-corrected chi connectivity index (χ1v) is 10.1. The summed E-state index contributed by atoms with van der Waals surface area (Å²) in [5.41, 5.74) is 5.10. The molecular weight excluding hydrogens is 376 g/mol. The Labute approximate surface area is 175 Å². The van der Waals surface area contributed by atoms with Crippen molar-refractivity contribution in [2.45, 2.75) is 12.5 Å². The van der Waals surface area contributed by atoms with E-state index in [2.05, 4.69) is 37.9 Å². The van der Waals surface area contributed by atoms with Crippen molar-refractivity contribution in [2.24, 2.45) is 14.1 Å². The Morgan fingerprint density at radius 1 is 0.967 bits per heavy atom. The van der Waals surface area contributed by atoms with Gasteiger partial charge in [0.25, 0.3) is 0 Å². The first-order chi connectivity index (χ1) is 14.7. The molecule has 152 valence electrons. The van der Waals surface area contributed by atoms with Crippen LogP contribution in [0.1, 0.15) is 6.42 Å². The molecule has 4 aromatic rings. The number of rotatable bonds is 5. The molecule has 0 radical (unpaired) electrons. The number of nitrogens with one attached hydrogen (secondary N) is 2. The Kier molecular flexibility index (Phi) is 4.76. The van der Waals surface area contributed by atoms with Gasteiger partial charge in [-0.15, -0.1) is 0 Å². The maximum atomic E-state index is 4.92. The highest BCUT2D eigenvalue weighted by atomic mass is 15.2. The van der Waals surface area contributed by atoms with E-state index in [1.165, 1.54) is 0 Å². The Hall–Kier alpha value is -3.52. The number of nitrogens with zero attached hydrogens (tertiary/aromatic N) is 6. The van der Waals surface area contributed by atoms with Crippen molar-refractivity contribution in [2.75, 3.05) is 18.4 Å². The molecule has 1 aliphatic rings. The first-order valence-electron chi connectivity index (χ1n) is 10.1. The average molecular weight is 400 g/mol. The van der Waals surface area contributed by atoms with E-state index < -0.39 is 0 Å². The van der Waals surface area contributed by atoms with E-state index in [1.54, 1.807) is 9.36 Å². The summed E-state index contributed by atoms with van der Waals surface area (Å²) < 4.78 is 3.60. The first kappa shape index (κ1) is 18.5. The lowest BCUT2D eigenvalue weighted by Gasteiger charge is -2.16. The van der Waals surface area contributed by atoms with Crippen molar-refractivity contribution < 1.29 is 0 Å². The number of aromatic nitrogens is 6. The second kappa shape index (κ2) is 7.72. The molecular formula is C22H24N8. The van der Waals surface area contributed by atoms with E-state index in [-0.39, 0.29) is 0 Å². The Balaban J connectivity index is 1.54. The third-order valence-electron chi connectivity index (χ3n) is 5.36. The minimum Gasteiger partial charge on any atom is -0.365 e. The largest absolute Gasteiger partial charge is 0.365 e. The minimum absolute atomic E-state index is 0.352. The summed E-state index contributed by atoms with van der Waals surface area (Å²) in [5.74, 6) is 1.54. The number of aryl methyl sites for hydroxylation is 2. The molecule has 0 spiro atoms. The van der Waals surface area contributed by atoms with Gasteiger partial charge >= 0.3 is 0 Å². The molecule has 1 aliphatic heterocycles. The van der Waals surface area contributed by atoms with Gasteiger partial charge in [0, 0.05) is 67.5 Å². The lowest BCUT2D eigenvalue weighted by Crippen LogP contribution is -2.23. The third-order valence-corrected chi connectivity index (χ3v) is 5.36. The molecule has 30 heavy (non-hydrogen) atoms. The maximum absolute atomic E-state index is 4.92. The zero-order valence-electron chi connectivity index (χ0n) is 17.1. The fraction of sp³-hybridized carbons (Fsp3) is 0.273. The fourth-order valence-corrected chi connectivity index (χ4v) is 3.78. The smallest absolute Gasteiger partial charge is 0.161 e. The molecule has 1 fully saturated rings. The molecule has 1 saturated heterocycles. The van der Waals surface area contributed by atoms with Crippen molar-refractivity contribution >= 4 is 5.82 Å². The second-order valence-corrected chi connectivity index (χ2v) is 7.68. The summed E-state index contributed by atoms with van der Waals surface area (Å²) >= 11 is 0. The summed E-state index contributed by atoms with van der Waals surface area (Å²) in [4.78, 5) is 9.61. The molecule has 5 rings (SSSR count). The van der Waals surface area contributed by atoms with Crippen molar-refractivity contribution in [1.82, 2.24) is 34.8 Å². The van der Waals surface area contributed by atoms with Gasteiger partial charge < -0.3 is 10.6 Å². The van der Waals surface area contributed by atoms with Crippen molar-refractivity contribution in [3.8, 4) is 33.6 Å². The zero-order chi connectivity index (χ0) is 20.5. The third kappa shape index (κ3) is 3.69. The van der Waals surface area contributed by atoms with E-state index in [4.69, 9.17) is 4.98 Å². The Morgan fingerprint density at radius 2 is 1.73 bits per heavy atom. The molecule has 0 amide bonds. The van der Waals surface area contributed by atoms with Gasteiger partial charge in [0.1, 0.15) is 5.82 Å². The van der Waals surface area contributed by atoms with E-state index in [1.807, 2.05) is 57.2 Å². The lowest BCUT2D eigenvalue weighted by atomic mass is 10.1. The normalized spacial score (nSPS) is 16.1. The molecule has 8 heteroatoms. The van der Waals surface area contributed by atoms with Crippen LogP contribution in [0.15, 0.2) is 55.2 Å². The number of benzene rings is 1. The predicted molar refractivity (Wildman–Crippen MR) is 117 cm³/mol. The maximum Gasteiger partial charge on any atom is 0.161 e. The van der Waals surface area contributed by atoms with Crippen molar-refractivity contribution in [3.05, 3.63) is 55.2 Å². The van der Waals surface area contributed by atoms with Crippen LogP contribution < -0.4 is 10.6 Å². The van der Waals surface area contributed by atoms with Gasteiger partial charge in [0.15, 0.2) is 5.82 Å².